The third-order valence-corrected chi connectivity index (χ3v) is 4.65. The molecular formula is C21H21F7O. The van der Waals surface area contributed by atoms with E-state index in [4.69, 9.17) is 0 Å². The summed E-state index contributed by atoms with van der Waals surface area (Å²) in [6, 6.07) is 0. The van der Waals surface area contributed by atoms with Gasteiger partial charge in [0.15, 0.2) is 5.83 Å². The number of ether oxygens (including phenoxy) is 1. The first-order valence-corrected chi connectivity index (χ1v) is 9.17. The van der Waals surface area contributed by atoms with Crippen LogP contribution in [0.3, 0.4) is 0 Å². The molecule has 0 saturated heterocycles. The third-order valence-electron chi connectivity index (χ3n) is 4.65. The van der Waals surface area contributed by atoms with E-state index in [2.05, 4.69) is 4.74 Å². The van der Waals surface area contributed by atoms with E-state index in [1.165, 1.54) is 0 Å². The zero-order valence-corrected chi connectivity index (χ0v) is 15.8. The van der Waals surface area contributed by atoms with Crippen molar-refractivity contribution in [3.8, 4) is 0 Å². The second-order valence-corrected chi connectivity index (χ2v) is 6.96. The Kier molecular flexibility index (Phi) is 7.93. The summed E-state index contributed by atoms with van der Waals surface area (Å²) in [7, 11) is 0. The third kappa shape index (κ3) is 6.65. The molecule has 0 unspecified atom stereocenters. The van der Waals surface area contributed by atoms with Gasteiger partial charge in [-0.3, -0.25) is 0 Å². The Bertz CT molecular complexity index is 790. The van der Waals surface area contributed by atoms with Crippen molar-refractivity contribution in [2.24, 2.45) is 5.92 Å². The first kappa shape index (κ1) is 23.0. The summed E-state index contributed by atoms with van der Waals surface area (Å²) in [6.07, 6.45) is 0.577. The van der Waals surface area contributed by atoms with Crippen molar-refractivity contribution in [3.63, 3.8) is 0 Å². The molecule has 1 nitrogen and oxygen atoms in total. The van der Waals surface area contributed by atoms with Crippen LogP contribution in [0.25, 0.3) is 0 Å². The van der Waals surface area contributed by atoms with Gasteiger partial charge in [0, 0.05) is 18.6 Å². The van der Waals surface area contributed by atoms with Gasteiger partial charge in [-0.15, -0.1) is 0 Å². The monoisotopic (exact) mass is 422 g/mol. The van der Waals surface area contributed by atoms with Crippen LogP contribution in [0.2, 0.25) is 0 Å². The summed E-state index contributed by atoms with van der Waals surface area (Å²) >= 11 is 0. The van der Waals surface area contributed by atoms with Crippen LogP contribution < -0.4 is 0 Å². The average Bonchev–Trinajstić information content (AvgIpc) is 2.80. The number of alkyl halides is 2. The van der Waals surface area contributed by atoms with Crippen LogP contribution in [0.4, 0.5) is 30.7 Å². The molecule has 0 aliphatic heterocycles. The molecule has 160 valence electrons. The summed E-state index contributed by atoms with van der Waals surface area (Å²) in [5.74, 6) is -6.24. The van der Waals surface area contributed by atoms with Crippen molar-refractivity contribution < 1.29 is 35.5 Å². The maximum atomic E-state index is 14.6. The Morgan fingerprint density at radius 2 is 1.72 bits per heavy atom. The van der Waals surface area contributed by atoms with E-state index < -0.39 is 53.5 Å². The Morgan fingerprint density at radius 3 is 2.31 bits per heavy atom. The van der Waals surface area contributed by atoms with Crippen molar-refractivity contribution in [1.29, 1.82) is 0 Å². The quantitative estimate of drug-likeness (QED) is 0.239. The minimum atomic E-state index is -4.43. The maximum Gasteiger partial charge on any atom is 0.426 e. The van der Waals surface area contributed by atoms with Gasteiger partial charge in [-0.25, -0.2) is 22.0 Å². The van der Waals surface area contributed by atoms with Crippen molar-refractivity contribution in [2.45, 2.75) is 51.6 Å². The van der Waals surface area contributed by atoms with E-state index in [0.29, 0.717) is 18.9 Å². The molecule has 0 amide bonds. The van der Waals surface area contributed by atoms with Crippen LogP contribution in [0, 0.1) is 5.92 Å². The molecule has 29 heavy (non-hydrogen) atoms. The highest BCUT2D eigenvalue weighted by Gasteiger charge is 2.41. The van der Waals surface area contributed by atoms with Crippen LogP contribution in [0.5, 0.6) is 0 Å². The zero-order valence-electron chi connectivity index (χ0n) is 15.8. The molecule has 1 fully saturated rings. The van der Waals surface area contributed by atoms with Crippen molar-refractivity contribution in [1.82, 2.24) is 0 Å². The first-order valence-electron chi connectivity index (χ1n) is 9.17. The lowest BCUT2D eigenvalue weighted by atomic mass is 9.83. The number of rotatable bonds is 6. The lowest BCUT2D eigenvalue weighted by molar-refractivity contribution is -0.181. The van der Waals surface area contributed by atoms with Gasteiger partial charge < -0.3 is 4.74 Å². The molecule has 2 aliphatic rings. The van der Waals surface area contributed by atoms with Gasteiger partial charge in [0.05, 0.1) is 5.57 Å². The summed E-state index contributed by atoms with van der Waals surface area (Å²) in [4.78, 5) is 0. The van der Waals surface area contributed by atoms with Crippen LogP contribution in [0.1, 0.15) is 45.4 Å². The lowest BCUT2D eigenvalue weighted by Gasteiger charge is -2.22. The topological polar surface area (TPSA) is 9.23 Å². The van der Waals surface area contributed by atoms with E-state index in [0.717, 1.165) is 38.3 Å². The van der Waals surface area contributed by atoms with Gasteiger partial charge in [0.25, 0.3) is 0 Å². The standard InChI is InChI=1S/C21H21F7O/c1-13(23)7-18(10-17(25)12-22)29-21(27,28)19-11-16(24)8-15(9-20(19)26)14-5-3-2-4-6-14/h7-10,12,14H,2-6,11H2,1H3/b13-7+,17-12-,18-10+. The number of allylic oxidation sites excluding steroid dienone is 9. The van der Waals surface area contributed by atoms with E-state index in [9.17, 15) is 30.7 Å². The van der Waals surface area contributed by atoms with Crippen LogP contribution in [-0.2, 0) is 4.74 Å². The first-order chi connectivity index (χ1) is 13.6. The summed E-state index contributed by atoms with van der Waals surface area (Å²) in [6.45, 7) is 0.861. The smallest absolute Gasteiger partial charge is 0.426 e. The summed E-state index contributed by atoms with van der Waals surface area (Å²) in [5.41, 5.74) is -1.04. The Labute approximate surface area is 164 Å². The molecule has 1 saturated carbocycles. The number of hydrogen-bond acceptors (Lipinski definition) is 1. The van der Waals surface area contributed by atoms with E-state index in [-0.39, 0.29) is 17.6 Å². The van der Waals surface area contributed by atoms with E-state index >= 15 is 0 Å². The molecule has 0 heterocycles. The molecule has 0 atom stereocenters. The molecule has 0 aromatic heterocycles. The molecule has 0 aromatic rings. The van der Waals surface area contributed by atoms with Gasteiger partial charge in [-0.2, -0.15) is 8.78 Å². The lowest BCUT2D eigenvalue weighted by Crippen LogP contribution is -2.24. The summed E-state index contributed by atoms with van der Waals surface area (Å²) in [5, 5.41) is 0. The van der Waals surface area contributed by atoms with E-state index in [1.54, 1.807) is 0 Å². The highest BCUT2D eigenvalue weighted by Crippen LogP contribution is 2.41. The number of hydrogen-bond donors (Lipinski definition) is 0. The van der Waals surface area contributed by atoms with E-state index in [1.807, 2.05) is 0 Å². The fraction of sp³-hybridized carbons (Fsp3) is 0.429. The van der Waals surface area contributed by atoms with Gasteiger partial charge in [0.2, 0.25) is 0 Å². The van der Waals surface area contributed by atoms with Crippen LogP contribution >= 0.6 is 0 Å². The maximum absolute atomic E-state index is 14.6. The predicted molar refractivity (Wildman–Crippen MR) is 95.9 cm³/mol. The van der Waals surface area contributed by atoms with Crippen LogP contribution in [0.15, 0.2) is 70.8 Å². The van der Waals surface area contributed by atoms with Crippen LogP contribution in [-0.4, -0.2) is 6.11 Å². The molecule has 0 radical (unpaired) electrons. The van der Waals surface area contributed by atoms with Crippen molar-refractivity contribution >= 4 is 0 Å². The molecule has 0 spiro atoms. The molecule has 0 bridgehead atoms. The van der Waals surface area contributed by atoms with Gasteiger partial charge in [-0.05, 0) is 43.4 Å². The minimum absolute atomic E-state index is 0.134. The molecule has 8 heteroatoms. The normalized spacial score (nSPS) is 21.0. The average molecular weight is 422 g/mol. The van der Waals surface area contributed by atoms with Gasteiger partial charge >= 0.3 is 6.11 Å². The highest BCUT2D eigenvalue weighted by molar-refractivity contribution is 5.40. The predicted octanol–water partition coefficient (Wildman–Crippen LogP) is 8.12. The SMILES string of the molecule is C\C(F)=C/C(=C\C(F)=C\F)OC(F)(F)C1=C(F)C=C(C2CCCCC2)C=C(F)C1. The zero-order chi connectivity index (χ0) is 21.6. The van der Waals surface area contributed by atoms with Crippen molar-refractivity contribution in [2.75, 3.05) is 0 Å². The Morgan fingerprint density at radius 1 is 1.07 bits per heavy atom. The Hall–Kier alpha value is -2.25. The van der Waals surface area contributed by atoms with Gasteiger partial charge in [0.1, 0.15) is 29.6 Å². The molecule has 2 rings (SSSR count). The fourth-order valence-corrected chi connectivity index (χ4v) is 3.35. The Balaban J connectivity index is 2.38. The minimum Gasteiger partial charge on any atom is -0.429 e. The largest absolute Gasteiger partial charge is 0.429 e. The fourth-order valence-electron chi connectivity index (χ4n) is 3.35. The number of halogens is 7. The second kappa shape index (κ2) is 9.98. The summed E-state index contributed by atoms with van der Waals surface area (Å²) < 4.78 is 101. The molecule has 0 N–H and O–H groups in total. The second-order valence-electron chi connectivity index (χ2n) is 6.96. The van der Waals surface area contributed by atoms with Gasteiger partial charge in [-0.1, -0.05) is 19.3 Å². The highest BCUT2D eigenvalue weighted by atomic mass is 19.3. The molecule has 0 aromatic carbocycles. The molecular weight excluding hydrogens is 401 g/mol. The molecule has 2 aliphatic carbocycles. The van der Waals surface area contributed by atoms with Crippen molar-refractivity contribution in [3.05, 3.63) is 70.8 Å².